The molecule has 3 heterocycles. The molecule has 4 rings (SSSR count). The molecule has 1 aromatic carbocycles. The van der Waals surface area contributed by atoms with Gasteiger partial charge in [-0.25, -0.2) is 9.67 Å². The van der Waals surface area contributed by atoms with Gasteiger partial charge in [0.1, 0.15) is 35.5 Å². The molecule has 29 heavy (non-hydrogen) atoms. The van der Waals surface area contributed by atoms with Gasteiger partial charge in [0, 0.05) is 17.3 Å². The zero-order valence-electron chi connectivity index (χ0n) is 14.8. The van der Waals surface area contributed by atoms with Crippen molar-refractivity contribution in [1.29, 1.82) is 0 Å². The zero-order chi connectivity index (χ0) is 20.5. The molecule has 9 nitrogen and oxygen atoms in total. The number of halogens is 2. The van der Waals surface area contributed by atoms with Crippen LogP contribution < -0.4 is 0 Å². The van der Waals surface area contributed by atoms with Gasteiger partial charge in [0.05, 0.1) is 22.8 Å². The van der Waals surface area contributed by atoms with Crippen LogP contribution in [0.2, 0.25) is 10.0 Å². The predicted molar refractivity (Wildman–Crippen MR) is 107 cm³/mol. The van der Waals surface area contributed by atoms with E-state index in [4.69, 9.17) is 27.9 Å². The number of ether oxygens (including phenoxy) is 1. The Morgan fingerprint density at radius 2 is 2.03 bits per heavy atom. The van der Waals surface area contributed by atoms with Crippen LogP contribution in [0.1, 0.15) is 6.04 Å². The maximum absolute atomic E-state index is 10.9. The lowest BCUT2D eigenvalue weighted by molar-refractivity contribution is -0.178. The lowest BCUT2D eigenvalue weighted by atomic mass is 9.97. The highest BCUT2D eigenvalue weighted by Crippen LogP contribution is 2.39. The largest absolute Gasteiger partial charge is 0.394 e. The first-order valence-corrected chi connectivity index (χ1v) is 10.3. The number of aliphatic hydroxyl groups is 3. The molecule has 1 fully saturated rings. The van der Waals surface area contributed by atoms with E-state index in [9.17, 15) is 15.3 Å². The summed E-state index contributed by atoms with van der Waals surface area (Å²) in [6.07, 6.45) is 1.53. The number of H-pyrrole nitrogens is 1. The van der Waals surface area contributed by atoms with Crippen LogP contribution in [0.15, 0.2) is 41.7 Å². The first kappa shape index (κ1) is 20.6. The van der Waals surface area contributed by atoms with Gasteiger partial charge >= 0.3 is 0 Å². The number of hydrogen-bond acceptors (Lipinski definition) is 8. The van der Waals surface area contributed by atoms with Crippen LogP contribution in [-0.4, -0.2) is 70.6 Å². The van der Waals surface area contributed by atoms with Gasteiger partial charge in [-0.1, -0.05) is 40.2 Å². The Bertz CT molecular complexity index is 973. The highest BCUT2D eigenvalue weighted by molar-refractivity contribution is 7.99. The van der Waals surface area contributed by atoms with E-state index in [-0.39, 0.29) is 0 Å². The molecule has 0 aliphatic carbocycles. The van der Waals surface area contributed by atoms with Crippen LogP contribution in [0.4, 0.5) is 0 Å². The number of aromatic nitrogens is 5. The minimum atomic E-state index is -1.20. The van der Waals surface area contributed by atoms with Crippen LogP contribution in [0, 0.1) is 0 Å². The molecule has 5 atom stereocenters. The average molecular weight is 458 g/mol. The summed E-state index contributed by atoms with van der Waals surface area (Å²) in [6.45, 7) is -0.428. The van der Waals surface area contributed by atoms with Gasteiger partial charge in [-0.3, -0.25) is 0 Å². The summed E-state index contributed by atoms with van der Waals surface area (Å²) in [5, 5.41) is 40.1. The second-order valence-electron chi connectivity index (χ2n) is 6.41. The minimum absolute atomic E-state index is 0.372. The maximum Gasteiger partial charge on any atom is 0.159 e. The van der Waals surface area contributed by atoms with Gasteiger partial charge in [0.15, 0.2) is 5.82 Å². The molecule has 0 radical (unpaired) electrons. The molecule has 0 spiro atoms. The second kappa shape index (κ2) is 8.60. The summed E-state index contributed by atoms with van der Waals surface area (Å²) in [4.78, 5) is 7.74. The number of nitrogens with one attached hydrogen (secondary N) is 1. The quantitative estimate of drug-likeness (QED) is 0.455. The summed E-state index contributed by atoms with van der Waals surface area (Å²) >= 11 is 13.2. The minimum Gasteiger partial charge on any atom is -0.394 e. The maximum atomic E-state index is 10.9. The van der Waals surface area contributed by atoms with Crippen molar-refractivity contribution in [3.63, 3.8) is 0 Å². The Labute approximate surface area is 179 Å². The third-order valence-corrected chi connectivity index (χ3v) is 6.44. The fourth-order valence-corrected chi connectivity index (χ4v) is 4.56. The van der Waals surface area contributed by atoms with Crippen molar-refractivity contribution < 1.29 is 20.1 Å². The first-order valence-electron chi connectivity index (χ1n) is 8.63. The van der Waals surface area contributed by atoms with Crippen molar-refractivity contribution >= 4 is 35.0 Å². The summed E-state index contributed by atoms with van der Waals surface area (Å²) in [5.74, 6) is 0.507. The van der Waals surface area contributed by atoms with E-state index in [0.29, 0.717) is 26.5 Å². The van der Waals surface area contributed by atoms with E-state index >= 15 is 0 Å². The molecule has 0 unspecified atom stereocenters. The molecule has 0 amide bonds. The summed E-state index contributed by atoms with van der Waals surface area (Å²) in [7, 11) is 0. The number of hydrogen-bond donors (Lipinski definition) is 4. The predicted octanol–water partition coefficient (Wildman–Crippen LogP) is 1.75. The first-order chi connectivity index (χ1) is 14.0. The molecule has 1 aliphatic rings. The van der Waals surface area contributed by atoms with Gasteiger partial charge in [0.25, 0.3) is 0 Å². The lowest BCUT2D eigenvalue weighted by Crippen LogP contribution is -2.55. The van der Waals surface area contributed by atoms with Crippen molar-refractivity contribution in [2.75, 3.05) is 6.61 Å². The number of nitrogens with zero attached hydrogens (tertiary/aromatic N) is 4. The van der Waals surface area contributed by atoms with Crippen molar-refractivity contribution in [2.45, 2.75) is 34.7 Å². The highest BCUT2D eigenvalue weighted by Gasteiger charge is 2.46. The van der Waals surface area contributed by atoms with Crippen LogP contribution in [0.5, 0.6) is 0 Å². The molecule has 2 aromatic heterocycles. The number of benzene rings is 1. The number of aliphatic hydroxyl groups excluding tert-OH is 3. The van der Waals surface area contributed by atoms with E-state index in [1.54, 1.807) is 36.8 Å². The van der Waals surface area contributed by atoms with Gasteiger partial charge in [-0.05, 0) is 18.2 Å². The number of rotatable bonds is 5. The molecular weight excluding hydrogens is 441 g/mol. The molecule has 1 aliphatic heterocycles. The summed E-state index contributed by atoms with van der Waals surface area (Å²) < 4.78 is 7.08. The fraction of sp³-hybridized carbons (Fsp3) is 0.353. The van der Waals surface area contributed by atoms with Crippen LogP contribution in [0.25, 0.3) is 11.5 Å². The third-order valence-electron chi connectivity index (χ3n) is 4.55. The molecule has 4 N–H and O–H groups in total. The normalized spacial score (nSPS) is 27.3. The molecular formula is C17H17Cl2N5O4S. The number of imidazole rings is 1. The lowest BCUT2D eigenvalue weighted by Gasteiger charge is -2.41. The molecule has 3 aromatic rings. The van der Waals surface area contributed by atoms with Crippen LogP contribution in [0.3, 0.4) is 0 Å². The van der Waals surface area contributed by atoms with E-state index in [2.05, 4.69) is 20.3 Å². The van der Waals surface area contributed by atoms with E-state index in [0.717, 1.165) is 0 Å². The molecule has 0 saturated carbocycles. The van der Waals surface area contributed by atoms with Gasteiger partial charge in [-0.15, -0.1) is 5.10 Å². The Balaban J connectivity index is 1.61. The SMILES string of the molecule is OC[C@H]1O[C@H](Sc2ccc(Cl)c(Cl)c2)[C@H](O)[C@@H](n2cc(-c3ncc[nH]3)nn2)[C@H]1O. The van der Waals surface area contributed by atoms with Gasteiger partial charge in [0.2, 0.25) is 0 Å². The van der Waals surface area contributed by atoms with Crippen molar-refractivity contribution in [3.05, 3.63) is 46.8 Å². The van der Waals surface area contributed by atoms with E-state index in [1.807, 2.05) is 0 Å². The van der Waals surface area contributed by atoms with Crippen LogP contribution in [-0.2, 0) is 4.74 Å². The number of thioether (sulfide) groups is 1. The molecule has 12 heteroatoms. The van der Waals surface area contributed by atoms with E-state index in [1.165, 1.54) is 16.4 Å². The third kappa shape index (κ3) is 4.15. The standard InChI is InChI=1S/C17H17Cl2N5O4S/c18-9-2-1-8(5-10(9)19)29-17-15(27)13(14(26)12(7-25)28-17)24-6-11(22-23-24)16-20-3-4-21-16/h1-6,12-15,17,25-27H,7H2,(H,20,21)/t12-,13+,14+,15-,17-/m1/s1. The monoisotopic (exact) mass is 457 g/mol. The smallest absolute Gasteiger partial charge is 0.159 e. The van der Waals surface area contributed by atoms with Gasteiger partial charge < -0.3 is 25.0 Å². The van der Waals surface area contributed by atoms with Crippen molar-refractivity contribution in [1.82, 2.24) is 25.0 Å². The Morgan fingerprint density at radius 3 is 2.72 bits per heavy atom. The Morgan fingerprint density at radius 1 is 1.21 bits per heavy atom. The summed E-state index contributed by atoms with van der Waals surface area (Å²) in [6, 6.07) is 4.15. The highest BCUT2D eigenvalue weighted by atomic mass is 35.5. The van der Waals surface area contributed by atoms with Gasteiger partial charge in [-0.2, -0.15) is 0 Å². The average Bonchev–Trinajstić information content (AvgIpc) is 3.39. The Hall–Kier alpha value is -1.66. The van der Waals surface area contributed by atoms with Crippen molar-refractivity contribution in [2.24, 2.45) is 0 Å². The van der Waals surface area contributed by atoms with Crippen molar-refractivity contribution in [3.8, 4) is 11.5 Å². The van der Waals surface area contributed by atoms with Crippen LogP contribution >= 0.6 is 35.0 Å². The topological polar surface area (TPSA) is 129 Å². The fourth-order valence-electron chi connectivity index (χ4n) is 3.10. The number of aromatic amines is 1. The molecule has 0 bridgehead atoms. The second-order valence-corrected chi connectivity index (χ2v) is 8.40. The molecule has 154 valence electrons. The Kier molecular flexibility index (Phi) is 6.11. The zero-order valence-corrected chi connectivity index (χ0v) is 17.1. The van der Waals surface area contributed by atoms with E-state index < -0.39 is 36.4 Å². The summed E-state index contributed by atoms with van der Waals surface area (Å²) in [5.41, 5.74) is -0.343. The molecule has 1 saturated heterocycles.